The standard InChI is InChI=1S/C38H38O8S2/c1-27(2)45-33-13-21-37(22-14-33)47(39,40)35-17-9-31(10-18-35)43-25-29-5-7-30(8-6-29)26-44-32-11-19-36(20-12-32)48(41,42)38-23-15-34(16-24-38)46-28(3)4/h5-24,27-28H,25-26H2,1-4H3. The molecule has 0 fully saturated rings. The number of ether oxygens (including phenoxy) is 4. The van der Waals surface area contributed by atoms with E-state index >= 15 is 0 Å². The molecule has 8 nitrogen and oxygen atoms in total. The highest BCUT2D eigenvalue weighted by atomic mass is 32.2. The molecule has 10 heteroatoms. The van der Waals surface area contributed by atoms with Gasteiger partial charge in [0, 0.05) is 0 Å². The van der Waals surface area contributed by atoms with Gasteiger partial charge in [0.15, 0.2) is 0 Å². The number of hydrogen-bond acceptors (Lipinski definition) is 8. The third-order valence-corrected chi connectivity index (χ3v) is 10.7. The molecule has 0 radical (unpaired) electrons. The van der Waals surface area contributed by atoms with E-state index in [1.54, 1.807) is 72.8 Å². The lowest BCUT2D eigenvalue weighted by atomic mass is 10.1. The zero-order valence-electron chi connectivity index (χ0n) is 27.2. The van der Waals surface area contributed by atoms with Crippen molar-refractivity contribution in [3.05, 3.63) is 132 Å². The van der Waals surface area contributed by atoms with E-state index in [0.717, 1.165) is 11.1 Å². The van der Waals surface area contributed by atoms with Crippen molar-refractivity contribution in [2.75, 3.05) is 0 Å². The zero-order valence-corrected chi connectivity index (χ0v) is 28.8. The van der Waals surface area contributed by atoms with E-state index in [0.29, 0.717) is 36.2 Å². The summed E-state index contributed by atoms with van der Waals surface area (Å²) in [5.41, 5.74) is 1.86. The minimum atomic E-state index is -3.68. The molecule has 0 aliphatic carbocycles. The van der Waals surface area contributed by atoms with Crippen LogP contribution in [0.25, 0.3) is 0 Å². The molecule has 0 bridgehead atoms. The molecule has 0 heterocycles. The Morgan fingerprint density at radius 2 is 0.646 bits per heavy atom. The minimum Gasteiger partial charge on any atom is -0.491 e. The first-order chi connectivity index (χ1) is 22.9. The first-order valence-electron chi connectivity index (χ1n) is 15.5. The van der Waals surface area contributed by atoms with E-state index < -0.39 is 19.7 Å². The lowest BCUT2D eigenvalue weighted by molar-refractivity contribution is 0.242. The summed E-state index contributed by atoms with van der Waals surface area (Å²) in [6, 6.07) is 33.2. The second-order valence-corrected chi connectivity index (χ2v) is 15.5. The topological polar surface area (TPSA) is 105 Å². The van der Waals surface area contributed by atoms with Gasteiger partial charge < -0.3 is 18.9 Å². The molecule has 0 saturated carbocycles. The molecule has 0 aliphatic rings. The van der Waals surface area contributed by atoms with Crippen molar-refractivity contribution in [1.82, 2.24) is 0 Å². The predicted octanol–water partition coefficient (Wildman–Crippen LogP) is 8.08. The van der Waals surface area contributed by atoms with E-state index in [1.165, 1.54) is 24.3 Å². The van der Waals surface area contributed by atoms with Crippen LogP contribution < -0.4 is 18.9 Å². The average Bonchev–Trinajstić information content (AvgIpc) is 3.07. The molecule has 0 aliphatic heterocycles. The molecule has 5 aromatic carbocycles. The second-order valence-electron chi connectivity index (χ2n) is 11.6. The SMILES string of the molecule is CC(C)Oc1ccc(S(=O)(=O)c2ccc(OCc3ccc(COc4ccc(S(=O)(=O)c5ccc(OC(C)C)cc5)cc4)cc3)cc2)cc1. The van der Waals surface area contributed by atoms with Gasteiger partial charge in [0.25, 0.3) is 0 Å². The Hall–Kier alpha value is -4.80. The van der Waals surface area contributed by atoms with Gasteiger partial charge in [-0.15, -0.1) is 0 Å². The maximum Gasteiger partial charge on any atom is 0.206 e. The summed E-state index contributed by atoms with van der Waals surface area (Å²) < 4.78 is 75.2. The van der Waals surface area contributed by atoms with Crippen molar-refractivity contribution in [2.24, 2.45) is 0 Å². The monoisotopic (exact) mass is 686 g/mol. The van der Waals surface area contributed by atoms with Crippen LogP contribution in [0, 0.1) is 0 Å². The summed E-state index contributed by atoms with van der Waals surface area (Å²) in [7, 11) is -7.35. The molecule has 0 atom stereocenters. The normalized spacial score (nSPS) is 11.8. The van der Waals surface area contributed by atoms with Crippen molar-refractivity contribution in [3.8, 4) is 23.0 Å². The lowest BCUT2D eigenvalue weighted by Gasteiger charge is -2.11. The molecule has 0 unspecified atom stereocenters. The van der Waals surface area contributed by atoms with Crippen LogP contribution in [0.5, 0.6) is 23.0 Å². The predicted molar refractivity (Wildman–Crippen MR) is 183 cm³/mol. The van der Waals surface area contributed by atoms with Gasteiger partial charge in [-0.3, -0.25) is 0 Å². The fraction of sp³-hybridized carbons (Fsp3) is 0.211. The van der Waals surface area contributed by atoms with Crippen LogP contribution in [0.2, 0.25) is 0 Å². The number of sulfone groups is 2. The fourth-order valence-electron chi connectivity index (χ4n) is 4.71. The van der Waals surface area contributed by atoms with Gasteiger partial charge in [-0.2, -0.15) is 0 Å². The second kappa shape index (κ2) is 15.0. The third-order valence-electron chi connectivity index (χ3n) is 7.11. The van der Waals surface area contributed by atoms with Crippen molar-refractivity contribution in [3.63, 3.8) is 0 Å². The van der Waals surface area contributed by atoms with Gasteiger partial charge in [0.05, 0.1) is 31.8 Å². The molecule has 0 aromatic heterocycles. The molecule has 5 aromatic rings. The average molecular weight is 687 g/mol. The van der Waals surface area contributed by atoms with Crippen LogP contribution >= 0.6 is 0 Å². The Morgan fingerprint density at radius 1 is 0.396 bits per heavy atom. The highest BCUT2D eigenvalue weighted by molar-refractivity contribution is 7.91. The van der Waals surface area contributed by atoms with Gasteiger partial charge in [-0.1, -0.05) is 24.3 Å². The van der Waals surface area contributed by atoms with Gasteiger partial charge in [-0.25, -0.2) is 16.8 Å². The lowest BCUT2D eigenvalue weighted by Crippen LogP contribution is -2.06. The van der Waals surface area contributed by atoms with Gasteiger partial charge in [0.1, 0.15) is 36.2 Å². The van der Waals surface area contributed by atoms with Crippen LogP contribution in [0.15, 0.2) is 141 Å². The summed E-state index contributed by atoms with van der Waals surface area (Å²) in [6.07, 6.45) is -0.00176. The van der Waals surface area contributed by atoms with Gasteiger partial charge >= 0.3 is 0 Å². The van der Waals surface area contributed by atoms with Crippen molar-refractivity contribution < 1.29 is 35.8 Å². The van der Waals surface area contributed by atoms with E-state index in [1.807, 2.05) is 52.0 Å². The third kappa shape index (κ3) is 8.76. The molecule has 48 heavy (non-hydrogen) atoms. The largest absolute Gasteiger partial charge is 0.491 e. The Morgan fingerprint density at radius 3 is 0.896 bits per heavy atom. The van der Waals surface area contributed by atoms with Crippen LogP contribution in [0.3, 0.4) is 0 Å². The van der Waals surface area contributed by atoms with E-state index in [4.69, 9.17) is 18.9 Å². The number of hydrogen-bond donors (Lipinski definition) is 0. The Labute approximate surface area is 282 Å². The van der Waals surface area contributed by atoms with Crippen molar-refractivity contribution in [2.45, 2.75) is 72.7 Å². The Balaban J connectivity index is 1.11. The first kappa shape index (κ1) is 34.5. The summed E-state index contributed by atoms with van der Waals surface area (Å²) in [5.74, 6) is 2.32. The first-order valence-corrected chi connectivity index (χ1v) is 18.4. The van der Waals surface area contributed by atoms with E-state index in [2.05, 4.69) is 0 Å². The Bertz CT molecular complexity index is 1850. The Kier molecular flexibility index (Phi) is 10.8. The smallest absolute Gasteiger partial charge is 0.206 e. The molecule has 0 saturated heterocycles. The summed E-state index contributed by atoms with van der Waals surface area (Å²) >= 11 is 0. The molecule has 0 N–H and O–H groups in total. The molecule has 0 amide bonds. The van der Waals surface area contributed by atoms with Gasteiger partial charge in [-0.05, 0) is 136 Å². The summed E-state index contributed by atoms with van der Waals surface area (Å²) in [5, 5.41) is 0. The van der Waals surface area contributed by atoms with Crippen molar-refractivity contribution >= 4 is 19.7 Å². The molecule has 250 valence electrons. The highest BCUT2D eigenvalue weighted by Gasteiger charge is 2.19. The molecule has 0 spiro atoms. The van der Waals surface area contributed by atoms with Crippen LogP contribution in [-0.4, -0.2) is 29.0 Å². The van der Waals surface area contributed by atoms with E-state index in [-0.39, 0.29) is 31.8 Å². The van der Waals surface area contributed by atoms with Crippen molar-refractivity contribution in [1.29, 1.82) is 0 Å². The van der Waals surface area contributed by atoms with Crippen LogP contribution in [0.1, 0.15) is 38.8 Å². The summed E-state index contributed by atoms with van der Waals surface area (Å²) in [4.78, 5) is 0.734. The number of benzene rings is 5. The highest BCUT2D eigenvalue weighted by Crippen LogP contribution is 2.27. The zero-order chi connectivity index (χ0) is 34.3. The number of rotatable bonds is 14. The molecular formula is C38H38O8S2. The van der Waals surface area contributed by atoms with E-state index in [9.17, 15) is 16.8 Å². The summed E-state index contributed by atoms with van der Waals surface area (Å²) in [6.45, 7) is 8.24. The maximum atomic E-state index is 13.1. The maximum absolute atomic E-state index is 13.1. The van der Waals surface area contributed by atoms with Crippen LogP contribution in [-0.2, 0) is 32.9 Å². The van der Waals surface area contributed by atoms with Gasteiger partial charge in [0.2, 0.25) is 19.7 Å². The quantitative estimate of drug-likeness (QED) is 0.115. The molecular weight excluding hydrogens is 649 g/mol. The molecule has 5 rings (SSSR count). The van der Waals surface area contributed by atoms with Crippen LogP contribution in [0.4, 0.5) is 0 Å². The minimum absolute atomic E-state index is 0.000879. The fourth-order valence-corrected chi connectivity index (χ4v) is 7.23.